The van der Waals surface area contributed by atoms with Gasteiger partial charge in [0.15, 0.2) is 0 Å². The van der Waals surface area contributed by atoms with Gasteiger partial charge in [-0.3, -0.25) is 4.98 Å². The predicted octanol–water partition coefficient (Wildman–Crippen LogP) is 5.21. The molecule has 0 saturated heterocycles. The average molecular weight is 317 g/mol. The van der Waals surface area contributed by atoms with Gasteiger partial charge in [0.2, 0.25) is 0 Å². The van der Waals surface area contributed by atoms with E-state index in [1.807, 2.05) is 30.5 Å². The molecule has 21 heavy (non-hydrogen) atoms. The van der Waals surface area contributed by atoms with Crippen LogP contribution in [-0.2, 0) is 0 Å². The van der Waals surface area contributed by atoms with Crippen LogP contribution in [0.4, 0.5) is 5.69 Å². The second kappa shape index (κ2) is 5.04. The molecule has 1 aromatic carbocycles. The van der Waals surface area contributed by atoms with E-state index in [0.717, 1.165) is 28.4 Å². The van der Waals surface area contributed by atoms with Crippen molar-refractivity contribution in [3.63, 3.8) is 0 Å². The third-order valence-electron chi connectivity index (χ3n) is 4.39. The first-order valence-corrected chi connectivity index (χ1v) is 7.82. The number of halogens is 2. The van der Waals surface area contributed by atoms with Crippen molar-refractivity contribution in [2.75, 3.05) is 5.32 Å². The number of allylic oxidation sites excluding steroid dienone is 2. The summed E-state index contributed by atoms with van der Waals surface area (Å²) in [6.07, 6.45) is 7.39. The van der Waals surface area contributed by atoms with Crippen LogP contribution in [0.5, 0.6) is 0 Å². The fourth-order valence-corrected chi connectivity index (χ4v) is 4.12. The molecular formula is C17H14Cl2N2. The van der Waals surface area contributed by atoms with Gasteiger partial charge in [-0.15, -0.1) is 0 Å². The molecule has 0 radical (unpaired) electrons. The molecule has 2 heterocycles. The van der Waals surface area contributed by atoms with E-state index in [1.165, 1.54) is 0 Å². The normalized spacial score (nSPS) is 26.1. The van der Waals surface area contributed by atoms with Gasteiger partial charge in [-0.2, -0.15) is 0 Å². The molecular weight excluding hydrogens is 303 g/mol. The summed E-state index contributed by atoms with van der Waals surface area (Å²) in [4.78, 5) is 4.52. The predicted molar refractivity (Wildman–Crippen MR) is 87.1 cm³/mol. The van der Waals surface area contributed by atoms with Crippen LogP contribution in [0.1, 0.15) is 29.6 Å². The third kappa shape index (κ3) is 2.14. The van der Waals surface area contributed by atoms with Crippen LogP contribution in [0.15, 0.2) is 48.7 Å². The second-order valence-corrected chi connectivity index (χ2v) is 6.42. The van der Waals surface area contributed by atoms with E-state index in [9.17, 15) is 0 Å². The first-order valence-electron chi connectivity index (χ1n) is 7.07. The zero-order chi connectivity index (χ0) is 14.4. The van der Waals surface area contributed by atoms with Crippen molar-refractivity contribution in [3.8, 4) is 0 Å². The standard InChI is InChI=1S/C17H14Cl2N2/c18-10-8-13(19)16-11-4-3-5-12(11)17(21-15(16)9-10)14-6-1-2-7-20-14/h1-4,6-9,11-12,17,21H,5H2/t11-,12-,17-/m0/s1. The zero-order valence-electron chi connectivity index (χ0n) is 11.3. The molecule has 2 nitrogen and oxygen atoms in total. The first-order chi connectivity index (χ1) is 10.2. The van der Waals surface area contributed by atoms with Crippen LogP contribution in [0.25, 0.3) is 0 Å². The molecule has 1 aliphatic heterocycles. The highest BCUT2D eigenvalue weighted by molar-refractivity contribution is 6.35. The molecule has 106 valence electrons. The van der Waals surface area contributed by atoms with Gasteiger partial charge >= 0.3 is 0 Å². The lowest BCUT2D eigenvalue weighted by Gasteiger charge is -2.37. The Morgan fingerprint density at radius 2 is 2.10 bits per heavy atom. The van der Waals surface area contributed by atoms with Crippen molar-refractivity contribution >= 4 is 28.9 Å². The van der Waals surface area contributed by atoms with Crippen molar-refractivity contribution in [1.82, 2.24) is 4.98 Å². The lowest BCUT2D eigenvalue weighted by atomic mass is 9.78. The zero-order valence-corrected chi connectivity index (χ0v) is 12.8. The quantitative estimate of drug-likeness (QED) is 0.730. The van der Waals surface area contributed by atoms with Crippen LogP contribution in [0.2, 0.25) is 10.0 Å². The number of hydrogen-bond acceptors (Lipinski definition) is 2. The number of hydrogen-bond donors (Lipinski definition) is 1. The number of rotatable bonds is 1. The maximum atomic E-state index is 6.43. The van der Waals surface area contributed by atoms with Crippen molar-refractivity contribution in [1.29, 1.82) is 0 Å². The Morgan fingerprint density at radius 1 is 1.19 bits per heavy atom. The lowest BCUT2D eigenvalue weighted by Crippen LogP contribution is -2.29. The van der Waals surface area contributed by atoms with Crippen LogP contribution in [0.3, 0.4) is 0 Å². The lowest BCUT2D eigenvalue weighted by molar-refractivity contribution is 0.419. The summed E-state index contributed by atoms with van der Waals surface area (Å²) in [7, 11) is 0. The smallest absolute Gasteiger partial charge is 0.0725 e. The number of aromatic nitrogens is 1. The van der Waals surface area contributed by atoms with Gasteiger partial charge in [0.25, 0.3) is 0 Å². The SMILES string of the molecule is Clc1cc(Cl)c2c(c1)N[C@H](c1ccccn1)[C@H]1CC=C[C@H]21. The van der Waals surface area contributed by atoms with Crippen LogP contribution in [-0.4, -0.2) is 4.98 Å². The van der Waals surface area contributed by atoms with Gasteiger partial charge < -0.3 is 5.32 Å². The number of nitrogens with one attached hydrogen (secondary N) is 1. The second-order valence-electron chi connectivity index (χ2n) is 5.58. The van der Waals surface area contributed by atoms with E-state index in [0.29, 0.717) is 16.9 Å². The minimum absolute atomic E-state index is 0.188. The monoisotopic (exact) mass is 316 g/mol. The Hall–Kier alpha value is -1.51. The largest absolute Gasteiger partial charge is 0.376 e. The molecule has 3 atom stereocenters. The van der Waals surface area contributed by atoms with Crippen LogP contribution >= 0.6 is 23.2 Å². The summed E-state index contributed by atoms with van der Waals surface area (Å²) in [5.74, 6) is 0.782. The molecule has 2 aromatic rings. The molecule has 0 unspecified atom stereocenters. The molecule has 0 saturated carbocycles. The van der Waals surface area contributed by atoms with E-state index >= 15 is 0 Å². The Labute approximate surface area is 133 Å². The van der Waals surface area contributed by atoms with Gasteiger partial charge in [0.05, 0.1) is 11.7 Å². The van der Waals surface area contributed by atoms with E-state index in [-0.39, 0.29) is 6.04 Å². The Balaban J connectivity index is 1.84. The minimum atomic E-state index is 0.188. The summed E-state index contributed by atoms with van der Waals surface area (Å²) < 4.78 is 0. The van der Waals surface area contributed by atoms with Crippen molar-refractivity contribution in [3.05, 3.63) is 70.0 Å². The molecule has 1 aromatic heterocycles. The highest BCUT2D eigenvalue weighted by Crippen LogP contribution is 2.52. The molecule has 4 rings (SSSR count). The number of fused-ring (bicyclic) bond motifs is 3. The van der Waals surface area contributed by atoms with Crippen LogP contribution in [0, 0.1) is 5.92 Å². The summed E-state index contributed by atoms with van der Waals surface area (Å²) in [6.45, 7) is 0. The van der Waals surface area contributed by atoms with E-state index in [1.54, 1.807) is 0 Å². The fourth-order valence-electron chi connectivity index (χ4n) is 3.50. The molecule has 1 N–H and O–H groups in total. The maximum Gasteiger partial charge on any atom is 0.0725 e. The van der Waals surface area contributed by atoms with E-state index in [4.69, 9.17) is 23.2 Å². The van der Waals surface area contributed by atoms with E-state index in [2.05, 4.69) is 28.5 Å². The summed E-state index contributed by atoms with van der Waals surface area (Å²) in [6, 6.07) is 10.0. The highest BCUT2D eigenvalue weighted by Gasteiger charge is 2.39. The molecule has 4 heteroatoms. The highest BCUT2D eigenvalue weighted by atomic mass is 35.5. The minimum Gasteiger partial charge on any atom is -0.376 e. The average Bonchev–Trinajstić information content (AvgIpc) is 2.95. The Bertz CT molecular complexity index is 712. The number of nitrogens with zero attached hydrogens (tertiary/aromatic N) is 1. The molecule has 0 spiro atoms. The Kier molecular flexibility index (Phi) is 3.16. The number of pyridine rings is 1. The molecule has 2 aliphatic rings. The first kappa shape index (κ1) is 13.2. The van der Waals surface area contributed by atoms with Crippen LogP contribution < -0.4 is 5.32 Å². The van der Waals surface area contributed by atoms with Gasteiger partial charge in [0, 0.05) is 33.4 Å². The van der Waals surface area contributed by atoms with E-state index < -0.39 is 0 Å². The number of anilines is 1. The van der Waals surface area contributed by atoms with Crippen molar-refractivity contribution in [2.24, 2.45) is 5.92 Å². The molecule has 1 aliphatic carbocycles. The summed E-state index contributed by atoms with van der Waals surface area (Å²) in [5, 5.41) is 5.00. The summed E-state index contributed by atoms with van der Waals surface area (Å²) >= 11 is 12.6. The third-order valence-corrected chi connectivity index (χ3v) is 4.92. The van der Waals surface area contributed by atoms with Gasteiger partial charge in [0.1, 0.15) is 0 Å². The number of benzene rings is 1. The fraction of sp³-hybridized carbons (Fsp3) is 0.235. The topological polar surface area (TPSA) is 24.9 Å². The van der Waals surface area contributed by atoms with Gasteiger partial charge in [-0.25, -0.2) is 0 Å². The molecule has 0 fully saturated rings. The van der Waals surface area contributed by atoms with Gasteiger partial charge in [-0.05, 0) is 36.6 Å². The van der Waals surface area contributed by atoms with Gasteiger partial charge in [-0.1, -0.05) is 41.4 Å². The summed E-state index contributed by atoms with van der Waals surface area (Å²) in [5.41, 5.74) is 3.25. The maximum absolute atomic E-state index is 6.43. The van der Waals surface area contributed by atoms with Crippen molar-refractivity contribution < 1.29 is 0 Å². The Morgan fingerprint density at radius 3 is 2.90 bits per heavy atom. The van der Waals surface area contributed by atoms with Crippen molar-refractivity contribution in [2.45, 2.75) is 18.4 Å². The molecule has 0 amide bonds. The molecule has 0 bridgehead atoms.